The summed E-state index contributed by atoms with van der Waals surface area (Å²) in [5, 5.41) is 5.52. The smallest absolute Gasteiger partial charge is 0.145 e. The lowest BCUT2D eigenvalue weighted by Gasteiger charge is -2.11. The zero-order chi connectivity index (χ0) is 16.4. The number of halogens is 2. The zero-order valence-corrected chi connectivity index (χ0v) is 14.4. The summed E-state index contributed by atoms with van der Waals surface area (Å²) in [7, 11) is 1.65. The van der Waals surface area contributed by atoms with Gasteiger partial charge in [-0.05, 0) is 42.3 Å². The number of pyridine rings is 1. The van der Waals surface area contributed by atoms with Gasteiger partial charge in [0.2, 0.25) is 0 Å². The third-order valence-corrected chi connectivity index (χ3v) is 4.43. The Kier molecular flexibility index (Phi) is 4.60. The zero-order valence-electron chi connectivity index (χ0n) is 12.9. The molecule has 0 unspecified atom stereocenters. The number of aryl methyl sites for hydroxylation is 1. The summed E-state index contributed by atoms with van der Waals surface area (Å²) in [6, 6.07) is 13.5. The summed E-state index contributed by atoms with van der Waals surface area (Å²) >= 11 is 12.0. The number of fused-ring (bicyclic) bond motifs is 1. The van der Waals surface area contributed by atoms with E-state index in [-0.39, 0.29) is 0 Å². The van der Waals surface area contributed by atoms with E-state index in [0.717, 1.165) is 33.6 Å². The van der Waals surface area contributed by atoms with E-state index < -0.39 is 0 Å². The number of nitrogens with zero attached hydrogens (tertiary/aromatic N) is 1. The van der Waals surface area contributed by atoms with E-state index in [1.165, 1.54) is 0 Å². The minimum absolute atomic E-state index is 0.551. The van der Waals surface area contributed by atoms with Gasteiger partial charge in [-0.1, -0.05) is 41.4 Å². The van der Waals surface area contributed by atoms with Crippen LogP contribution in [0.4, 0.5) is 5.82 Å². The Morgan fingerprint density at radius 2 is 1.91 bits per heavy atom. The fraction of sp³-hybridized carbons (Fsp3) is 0.167. The second-order valence-corrected chi connectivity index (χ2v) is 6.10. The van der Waals surface area contributed by atoms with Crippen molar-refractivity contribution in [3.8, 4) is 5.75 Å². The number of ether oxygens (including phenoxy) is 1. The Labute approximate surface area is 145 Å². The van der Waals surface area contributed by atoms with Gasteiger partial charge in [0.1, 0.15) is 17.1 Å². The minimum atomic E-state index is 0.551. The number of hydrogen-bond acceptors (Lipinski definition) is 3. The van der Waals surface area contributed by atoms with E-state index in [0.29, 0.717) is 16.6 Å². The fourth-order valence-electron chi connectivity index (χ4n) is 2.49. The lowest BCUT2D eigenvalue weighted by Crippen LogP contribution is -2.02. The third-order valence-electron chi connectivity index (χ3n) is 3.69. The van der Waals surface area contributed by atoms with Crippen molar-refractivity contribution < 1.29 is 4.74 Å². The first-order valence-electron chi connectivity index (χ1n) is 7.20. The lowest BCUT2D eigenvalue weighted by atomic mass is 10.1. The third kappa shape index (κ3) is 3.36. The molecule has 0 atom stereocenters. The summed E-state index contributed by atoms with van der Waals surface area (Å²) in [5.41, 5.74) is 3.04. The summed E-state index contributed by atoms with van der Waals surface area (Å²) in [6.07, 6.45) is 0. The van der Waals surface area contributed by atoms with Crippen molar-refractivity contribution >= 4 is 39.9 Å². The predicted octanol–water partition coefficient (Wildman–Crippen LogP) is 5.47. The molecule has 1 N–H and O–H groups in total. The maximum Gasteiger partial charge on any atom is 0.145 e. The average molecular weight is 347 g/mol. The number of para-hydroxylation sites is 1. The molecule has 0 saturated carbocycles. The van der Waals surface area contributed by atoms with Gasteiger partial charge in [-0.2, -0.15) is 0 Å². The van der Waals surface area contributed by atoms with Crippen LogP contribution in [0.2, 0.25) is 10.0 Å². The fourth-order valence-corrected chi connectivity index (χ4v) is 2.81. The second kappa shape index (κ2) is 6.65. The highest BCUT2D eigenvalue weighted by Gasteiger charge is 2.08. The molecule has 0 radical (unpaired) electrons. The first kappa shape index (κ1) is 15.9. The molecule has 2 aromatic carbocycles. The van der Waals surface area contributed by atoms with Crippen LogP contribution < -0.4 is 10.1 Å². The van der Waals surface area contributed by atoms with E-state index >= 15 is 0 Å². The van der Waals surface area contributed by atoms with Crippen molar-refractivity contribution in [2.45, 2.75) is 13.5 Å². The van der Waals surface area contributed by atoms with Crippen LogP contribution in [-0.2, 0) is 6.54 Å². The van der Waals surface area contributed by atoms with Gasteiger partial charge in [-0.15, -0.1) is 0 Å². The average Bonchev–Trinajstić information content (AvgIpc) is 2.55. The molecular weight excluding hydrogens is 331 g/mol. The van der Waals surface area contributed by atoms with Gasteiger partial charge in [-0.25, -0.2) is 4.98 Å². The van der Waals surface area contributed by atoms with Crippen LogP contribution in [0.5, 0.6) is 5.75 Å². The molecule has 0 aliphatic carbocycles. The molecule has 118 valence electrons. The highest BCUT2D eigenvalue weighted by Crippen LogP contribution is 2.28. The number of aromatic nitrogens is 1. The molecule has 0 aliphatic heterocycles. The normalized spacial score (nSPS) is 10.8. The van der Waals surface area contributed by atoms with Gasteiger partial charge in [-0.3, -0.25) is 0 Å². The van der Waals surface area contributed by atoms with Gasteiger partial charge < -0.3 is 10.1 Å². The number of anilines is 1. The van der Waals surface area contributed by atoms with E-state index in [2.05, 4.69) is 17.2 Å². The van der Waals surface area contributed by atoms with Crippen LogP contribution in [0.1, 0.15) is 11.1 Å². The molecule has 1 aromatic heterocycles. The van der Waals surface area contributed by atoms with Crippen molar-refractivity contribution in [3.63, 3.8) is 0 Å². The Balaban J connectivity index is 1.89. The van der Waals surface area contributed by atoms with Gasteiger partial charge >= 0.3 is 0 Å². The van der Waals surface area contributed by atoms with Crippen LogP contribution in [0, 0.1) is 6.92 Å². The Bertz CT molecular complexity index is 865. The van der Waals surface area contributed by atoms with Crippen LogP contribution in [0.3, 0.4) is 0 Å². The predicted molar refractivity (Wildman–Crippen MR) is 96.8 cm³/mol. The summed E-state index contributed by atoms with van der Waals surface area (Å²) in [4.78, 5) is 4.67. The SMILES string of the molecule is COc1cccc2c(C)cc(NCc3ccc(Cl)c(Cl)c3)nc12. The summed E-state index contributed by atoms with van der Waals surface area (Å²) in [6.45, 7) is 2.68. The van der Waals surface area contributed by atoms with E-state index in [9.17, 15) is 0 Å². The van der Waals surface area contributed by atoms with Crippen LogP contribution >= 0.6 is 23.2 Å². The van der Waals surface area contributed by atoms with Crippen LogP contribution in [0.25, 0.3) is 10.9 Å². The Hall–Kier alpha value is -1.97. The number of hydrogen-bond donors (Lipinski definition) is 1. The number of rotatable bonds is 4. The summed E-state index contributed by atoms with van der Waals surface area (Å²) in [5.74, 6) is 1.56. The van der Waals surface area contributed by atoms with Crippen LogP contribution in [0.15, 0.2) is 42.5 Å². The molecule has 5 heteroatoms. The minimum Gasteiger partial charge on any atom is -0.494 e. The lowest BCUT2D eigenvalue weighted by molar-refractivity contribution is 0.419. The molecule has 0 aliphatic rings. The van der Waals surface area contributed by atoms with E-state index in [1.54, 1.807) is 13.2 Å². The van der Waals surface area contributed by atoms with E-state index in [1.807, 2.05) is 36.4 Å². The van der Waals surface area contributed by atoms with Crippen molar-refractivity contribution in [1.29, 1.82) is 0 Å². The monoisotopic (exact) mass is 346 g/mol. The Morgan fingerprint density at radius 1 is 1.09 bits per heavy atom. The highest BCUT2D eigenvalue weighted by molar-refractivity contribution is 6.42. The number of nitrogens with one attached hydrogen (secondary N) is 1. The van der Waals surface area contributed by atoms with Crippen LogP contribution in [-0.4, -0.2) is 12.1 Å². The molecule has 3 aromatic rings. The number of benzene rings is 2. The topological polar surface area (TPSA) is 34.1 Å². The van der Waals surface area contributed by atoms with E-state index in [4.69, 9.17) is 27.9 Å². The Morgan fingerprint density at radius 3 is 2.65 bits per heavy atom. The molecule has 23 heavy (non-hydrogen) atoms. The molecule has 1 heterocycles. The van der Waals surface area contributed by atoms with Gasteiger partial charge in [0.15, 0.2) is 0 Å². The summed E-state index contributed by atoms with van der Waals surface area (Å²) < 4.78 is 5.41. The maximum absolute atomic E-state index is 6.05. The molecular formula is C18H16Cl2N2O. The number of methoxy groups -OCH3 is 1. The van der Waals surface area contributed by atoms with Gasteiger partial charge in [0, 0.05) is 11.9 Å². The largest absolute Gasteiger partial charge is 0.494 e. The van der Waals surface area contributed by atoms with Crippen molar-refractivity contribution in [1.82, 2.24) is 4.98 Å². The van der Waals surface area contributed by atoms with Gasteiger partial charge in [0.05, 0.1) is 17.2 Å². The molecule has 0 fully saturated rings. The van der Waals surface area contributed by atoms with Crippen molar-refractivity contribution in [2.75, 3.05) is 12.4 Å². The first-order chi connectivity index (χ1) is 11.1. The van der Waals surface area contributed by atoms with Crippen molar-refractivity contribution in [2.24, 2.45) is 0 Å². The maximum atomic E-state index is 6.05. The second-order valence-electron chi connectivity index (χ2n) is 5.28. The molecule has 0 saturated heterocycles. The standard InChI is InChI=1S/C18H16Cl2N2O/c1-11-8-17(21-10-12-6-7-14(19)15(20)9-12)22-18-13(11)4-3-5-16(18)23-2/h3-9H,10H2,1-2H3,(H,21,22). The molecule has 3 nitrogen and oxygen atoms in total. The quantitative estimate of drug-likeness (QED) is 0.679. The molecule has 0 bridgehead atoms. The highest BCUT2D eigenvalue weighted by atomic mass is 35.5. The molecule has 0 spiro atoms. The molecule has 3 rings (SSSR count). The van der Waals surface area contributed by atoms with Gasteiger partial charge in [0.25, 0.3) is 0 Å². The molecule has 0 amide bonds. The van der Waals surface area contributed by atoms with Crippen molar-refractivity contribution in [3.05, 3.63) is 63.6 Å². The first-order valence-corrected chi connectivity index (χ1v) is 7.96.